The van der Waals surface area contributed by atoms with Gasteiger partial charge in [0.2, 0.25) is 0 Å². The smallest absolute Gasteiger partial charge is 0.301 e. The van der Waals surface area contributed by atoms with Crippen molar-refractivity contribution in [3.63, 3.8) is 0 Å². The Balaban J connectivity index is 2.17. The molecule has 1 amide bonds. The molecule has 5 nitrogen and oxygen atoms in total. The first-order valence-electron chi connectivity index (χ1n) is 5.62. The van der Waals surface area contributed by atoms with E-state index >= 15 is 0 Å². The molecular weight excluding hydrogens is 329 g/mol. The summed E-state index contributed by atoms with van der Waals surface area (Å²) in [4.78, 5) is 14.9. The molecule has 2 rings (SSSR count). The summed E-state index contributed by atoms with van der Waals surface area (Å²) in [5.41, 5.74) is -5.32. The van der Waals surface area contributed by atoms with Crippen LogP contribution in [0.4, 0.5) is 13.2 Å². The molecular formula is C11H9F3N2O3S2. The van der Waals surface area contributed by atoms with Gasteiger partial charge in [0.1, 0.15) is 0 Å². The number of hydrogen-bond acceptors (Lipinski definition) is 5. The van der Waals surface area contributed by atoms with E-state index in [4.69, 9.17) is 0 Å². The van der Waals surface area contributed by atoms with Crippen LogP contribution in [0.2, 0.25) is 0 Å². The van der Waals surface area contributed by atoms with E-state index in [1.165, 1.54) is 11.8 Å². The monoisotopic (exact) mass is 338 g/mol. The molecule has 1 aliphatic rings. The molecule has 0 bridgehead atoms. The number of carbonyl (C=O) groups excluding carboxylic acids is 1. The van der Waals surface area contributed by atoms with Crippen LogP contribution in [0.3, 0.4) is 0 Å². The summed E-state index contributed by atoms with van der Waals surface area (Å²) >= 11 is 1.35. The molecule has 0 fully saturated rings. The van der Waals surface area contributed by atoms with Crippen molar-refractivity contribution in [2.45, 2.75) is 10.4 Å². The van der Waals surface area contributed by atoms with Crippen molar-refractivity contribution >= 4 is 32.7 Å². The molecule has 1 aromatic carbocycles. The highest BCUT2D eigenvalue weighted by atomic mass is 32.2. The summed E-state index contributed by atoms with van der Waals surface area (Å²) in [5.74, 6) is 0.192. The maximum atomic E-state index is 12.4. The SMILES string of the molecule is O=C(NC1=NCCS1)c1ccc(S(=O)(=O)C(F)(F)F)cc1. The van der Waals surface area contributed by atoms with E-state index in [0.29, 0.717) is 11.7 Å². The number of amides is 1. The predicted octanol–water partition coefficient (Wildman–Crippen LogP) is 1.81. The van der Waals surface area contributed by atoms with Crippen molar-refractivity contribution in [2.24, 2.45) is 4.99 Å². The maximum Gasteiger partial charge on any atom is 0.501 e. The van der Waals surface area contributed by atoms with Crippen LogP contribution in [0.15, 0.2) is 34.2 Å². The standard InChI is InChI=1S/C11H9F3N2O3S2/c12-11(13,14)21(18,19)8-3-1-7(2-4-8)9(17)16-10-15-5-6-20-10/h1-4H,5-6H2,(H,15,16,17). The Kier molecular flexibility index (Phi) is 4.28. The van der Waals surface area contributed by atoms with Crippen LogP contribution < -0.4 is 5.32 Å². The number of aliphatic imine (C=N–C) groups is 1. The number of halogens is 3. The van der Waals surface area contributed by atoms with Gasteiger partial charge in [0.15, 0.2) is 5.17 Å². The van der Waals surface area contributed by atoms with Crippen LogP contribution in [0.1, 0.15) is 10.4 Å². The number of sulfone groups is 1. The minimum absolute atomic E-state index is 0.0475. The molecule has 0 unspecified atom stereocenters. The van der Waals surface area contributed by atoms with Gasteiger partial charge in [-0.15, -0.1) is 0 Å². The van der Waals surface area contributed by atoms with E-state index in [9.17, 15) is 26.4 Å². The molecule has 0 spiro atoms. The average Bonchev–Trinajstić information content (AvgIpc) is 2.90. The predicted molar refractivity (Wildman–Crippen MR) is 71.9 cm³/mol. The lowest BCUT2D eigenvalue weighted by atomic mass is 10.2. The number of rotatable bonds is 2. The number of hydrogen-bond donors (Lipinski definition) is 1. The molecule has 10 heteroatoms. The van der Waals surface area contributed by atoms with Gasteiger partial charge in [-0.05, 0) is 24.3 Å². The number of carbonyl (C=O) groups is 1. The number of thioether (sulfide) groups is 1. The first kappa shape index (κ1) is 15.8. The van der Waals surface area contributed by atoms with Gasteiger partial charge in [-0.1, -0.05) is 11.8 Å². The van der Waals surface area contributed by atoms with Crippen LogP contribution >= 0.6 is 11.8 Å². The maximum absolute atomic E-state index is 12.4. The Morgan fingerprint density at radius 2 is 1.86 bits per heavy atom. The van der Waals surface area contributed by atoms with Gasteiger partial charge in [0.05, 0.1) is 11.4 Å². The van der Waals surface area contributed by atoms with Gasteiger partial charge in [0.25, 0.3) is 15.7 Å². The molecule has 21 heavy (non-hydrogen) atoms. The average molecular weight is 338 g/mol. The fraction of sp³-hybridized carbons (Fsp3) is 0.273. The highest BCUT2D eigenvalue weighted by Gasteiger charge is 2.46. The molecule has 0 saturated carbocycles. The van der Waals surface area contributed by atoms with Crippen molar-refractivity contribution in [1.82, 2.24) is 5.32 Å². The topological polar surface area (TPSA) is 75.6 Å². The fourth-order valence-corrected chi connectivity index (χ4v) is 2.98. The third kappa shape index (κ3) is 3.38. The van der Waals surface area contributed by atoms with Crippen molar-refractivity contribution < 1.29 is 26.4 Å². The summed E-state index contributed by atoms with van der Waals surface area (Å²) in [5, 5.41) is 2.92. The zero-order valence-electron chi connectivity index (χ0n) is 10.3. The van der Waals surface area contributed by atoms with E-state index in [1.54, 1.807) is 0 Å². The number of nitrogens with one attached hydrogen (secondary N) is 1. The summed E-state index contributed by atoms with van der Waals surface area (Å²) < 4.78 is 59.4. The quantitative estimate of drug-likeness (QED) is 0.892. The second-order valence-electron chi connectivity index (χ2n) is 3.96. The number of amidine groups is 1. The third-order valence-electron chi connectivity index (χ3n) is 2.54. The Hall–Kier alpha value is -1.55. The van der Waals surface area contributed by atoms with Gasteiger partial charge < -0.3 is 5.32 Å². The third-order valence-corrected chi connectivity index (χ3v) is 4.93. The summed E-state index contributed by atoms with van der Waals surface area (Å²) in [6, 6.07) is 3.55. The van der Waals surface area contributed by atoms with Gasteiger partial charge in [0, 0.05) is 11.3 Å². The largest absolute Gasteiger partial charge is 0.501 e. The molecule has 1 aliphatic heterocycles. The van der Waals surface area contributed by atoms with E-state index in [0.717, 1.165) is 30.0 Å². The lowest BCUT2D eigenvalue weighted by Crippen LogP contribution is -2.27. The van der Waals surface area contributed by atoms with Crippen molar-refractivity contribution in [2.75, 3.05) is 12.3 Å². The molecule has 0 saturated heterocycles. The van der Waals surface area contributed by atoms with Crippen LogP contribution in [-0.2, 0) is 9.84 Å². The number of benzene rings is 1. The number of nitrogens with zero attached hydrogens (tertiary/aromatic N) is 1. The van der Waals surface area contributed by atoms with E-state index in [2.05, 4.69) is 10.3 Å². The van der Waals surface area contributed by atoms with Crippen molar-refractivity contribution in [3.8, 4) is 0 Å². The number of alkyl halides is 3. The van der Waals surface area contributed by atoms with E-state index in [-0.39, 0.29) is 5.56 Å². The van der Waals surface area contributed by atoms with Crippen LogP contribution in [-0.4, -0.2) is 37.3 Å². The van der Waals surface area contributed by atoms with Gasteiger partial charge >= 0.3 is 5.51 Å². The first-order valence-corrected chi connectivity index (χ1v) is 8.09. The summed E-state index contributed by atoms with van der Waals surface area (Å²) in [6.07, 6.45) is 0. The van der Waals surface area contributed by atoms with Crippen LogP contribution in [0.25, 0.3) is 0 Å². The molecule has 0 radical (unpaired) electrons. The molecule has 1 heterocycles. The molecule has 1 aromatic rings. The van der Waals surface area contributed by atoms with E-state index < -0.39 is 26.1 Å². The van der Waals surface area contributed by atoms with Crippen LogP contribution in [0.5, 0.6) is 0 Å². The Morgan fingerprint density at radius 1 is 1.24 bits per heavy atom. The molecule has 0 atom stereocenters. The minimum atomic E-state index is -5.40. The zero-order chi connectivity index (χ0) is 15.7. The Morgan fingerprint density at radius 3 is 2.33 bits per heavy atom. The summed E-state index contributed by atoms with van der Waals surface area (Å²) in [7, 11) is -5.40. The Bertz CT molecular complexity index is 682. The molecule has 0 aliphatic carbocycles. The minimum Gasteiger partial charge on any atom is -0.301 e. The fourth-order valence-electron chi connectivity index (χ4n) is 1.50. The van der Waals surface area contributed by atoms with Crippen molar-refractivity contribution in [3.05, 3.63) is 29.8 Å². The lowest BCUT2D eigenvalue weighted by Gasteiger charge is -2.08. The first-order chi connectivity index (χ1) is 9.72. The summed E-state index contributed by atoms with van der Waals surface area (Å²) in [6.45, 7) is 0.586. The zero-order valence-corrected chi connectivity index (χ0v) is 12.0. The normalized spacial score (nSPS) is 15.7. The van der Waals surface area contributed by atoms with E-state index in [1.807, 2.05) is 0 Å². The molecule has 0 aromatic heterocycles. The van der Waals surface area contributed by atoms with Gasteiger partial charge in [-0.2, -0.15) is 13.2 Å². The van der Waals surface area contributed by atoms with Gasteiger partial charge in [-0.25, -0.2) is 8.42 Å². The second kappa shape index (κ2) is 5.68. The highest BCUT2D eigenvalue weighted by Crippen LogP contribution is 2.30. The molecule has 114 valence electrons. The Labute approximate surface area is 122 Å². The van der Waals surface area contributed by atoms with Gasteiger partial charge in [-0.3, -0.25) is 9.79 Å². The lowest BCUT2D eigenvalue weighted by molar-refractivity contribution is -0.0436. The highest BCUT2D eigenvalue weighted by molar-refractivity contribution is 8.14. The molecule has 1 N–H and O–H groups in total. The second-order valence-corrected chi connectivity index (χ2v) is 6.99. The van der Waals surface area contributed by atoms with Crippen molar-refractivity contribution in [1.29, 1.82) is 0 Å². The van der Waals surface area contributed by atoms with Crippen LogP contribution in [0, 0.1) is 0 Å².